The lowest BCUT2D eigenvalue weighted by atomic mass is 10.1. The maximum Gasteiger partial charge on any atom is 0.240 e. The molecule has 1 aliphatic rings. The van der Waals surface area contributed by atoms with Crippen LogP contribution in [-0.4, -0.2) is 18.4 Å². The van der Waals surface area contributed by atoms with Gasteiger partial charge in [-0.25, -0.2) is 5.43 Å². The molecule has 1 amide bonds. The zero-order chi connectivity index (χ0) is 13.8. The minimum Gasteiger partial charge on any atom is -0.454 e. The molecule has 0 unspecified atom stereocenters. The summed E-state index contributed by atoms with van der Waals surface area (Å²) in [5.41, 5.74) is 4.19. The minimum absolute atomic E-state index is 0.0740. The number of hydrogen-bond donors (Lipinski definition) is 1. The number of ether oxygens (including phenoxy) is 2. The van der Waals surface area contributed by atoms with Crippen LogP contribution in [0.3, 0.4) is 0 Å². The van der Waals surface area contributed by atoms with E-state index in [4.69, 9.17) is 9.47 Å². The number of benzene rings is 1. The summed E-state index contributed by atoms with van der Waals surface area (Å²) in [6.45, 7) is 6.08. The predicted molar refractivity (Wildman–Crippen MR) is 72.4 cm³/mol. The molecule has 1 aromatic rings. The monoisotopic (exact) mass is 262 g/mol. The van der Waals surface area contributed by atoms with Crippen molar-refractivity contribution in [1.29, 1.82) is 0 Å². The molecular formula is C14H18N2O3. The number of amides is 1. The number of carbonyl (C=O) groups excluding carboxylic acids is 1. The van der Waals surface area contributed by atoms with Crippen LogP contribution in [0, 0.1) is 5.92 Å². The lowest BCUT2D eigenvalue weighted by molar-refractivity contribution is -0.121. The number of nitrogens with zero attached hydrogens (tertiary/aromatic N) is 1. The molecule has 1 N–H and O–H groups in total. The Hall–Kier alpha value is -2.04. The smallest absolute Gasteiger partial charge is 0.240 e. The van der Waals surface area contributed by atoms with E-state index in [-0.39, 0.29) is 12.7 Å². The third-order valence-corrected chi connectivity index (χ3v) is 2.73. The summed E-state index contributed by atoms with van der Waals surface area (Å²) in [5.74, 6) is 1.69. The number of nitrogens with one attached hydrogen (secondary N) is 1. The molecule has 0 saturated carbocycles. The lowest BCUT2D eigenvalue weighted by Gasteiger charge is -2.05. The average molecular weight is 262 g/mol. The average Bonchev–Trinajstić information content (AvgIpc) is 2.82. The second-order valence-electron chi connectivity index (χ2n) is 4.90. The van der Waals surface area contributed by atoms with Crippen molar-refractivity contribution in [3.8, 4) is 11.5 Å². The van der Waals surface area contributed by atoms with Gasteiger partial charge in [0, 0.05) is 12.0 Å². The lowest BCUT2D eigenvalue weighted by Crippen LogP contribution is -2.20. The molecule has 0 saturated heterocycles. The van der Waals surface area contributed by atoms with Gasteiger partial charge < -0.3 is 9.47 Å². The topological polar surface area (TPSA) is 59.9 Å². The van der Waals surface area contributed by atoms with Crippen LogP contribution in [0.15, 0.2) is 23.3 Å². The van der Waals surface area contributed by atoms with Crippen LogP contribution in [0.25, 0.3) is 0 Å². The van der Waals surface area contributed by atoms with Gasteiger partial charge in [-0.05, 0) is 31.0 Å². The van der Waals surface area contributed by atoms with E-state index in [9.17, 15) is 4.79 Å². The van der Waals surface area contributed by atoms with E-state index in [1.807, 2.05) is 39.0 Å². The summed E-state index contributed by atoms with van der Waals surface area (Å²) >= 11 is 0. The maximum absolute atomic E-state index is 11.5. The molecule has 0 bridgehead atoms. The van der Waals surface area contributed by atoms with E-state index in [2.05, 4.69) is 10.5 Å². The molecule has 102 valence electrons. The second kappa shape index (κ2) is 5.73. The Balaban J connectivity index is 2.03. The Morgan fingerprint density at radius 3 is 2.84 bits per heavy atom. The SMILES string of the molecule is CC(=NNC(=O)CC(C)C)c1ccc2c(c1)OCO2. The highest BCUT2D eigenvalue weighted by Crippen LogP contribution is 2.32. The van der Waals surface area contributed by atoms with Crippen LogP contribution >= 0.6 is 0 Å². The molecule has 2 rings (SSSR count). The van der Waals surface area contributed by atoms with Crippen molar-refractivity contribution in [3.05, 3.63) is 23.8 Å². The third kappa shape index (κ3) is 3.47. The van der Waals surface area contributed by atoms with Crippen molar-refractivity contribution in [3.63, 3.8) is 0 Å². The number of hydrogen-bond acceptors (Lipinski definition) is 4. The standard InChI is InChI=1S/C14H18N2O3/c1-9(2)6-14(17)16-15-10(3)11-4-5-12-13(7-11)19-8-18-12/h4-5,7,9H,6,8H2,1-3H3,(H,16,17). The predicted octanol–water partition coefficient (Wildman–Crippen LogP) is 2.30. The van der Waals surface area contributed by atoms with Gasteiger partial charge in [-0.2, -0.15) is 5.10 Å². The van der Waals surface area contributed by atoms with Crippen LogP contribution in [0.1, 0.15) is 32.8 Å². The first-order chi connectivity index (χ1) is 9.06. The molecule has 5 heteroatoms. The summed E-state index contributed by atoms with van der Waals surface area (Å²) in [4.78, 5) is 11.5. The van der Waals surface area contributed by atoms with Gasteiger partial charge in [0.25, 0.3) is 0 Å². The van der Waals surface area contributed by atoms with Crippen LogP contribution in [0.2, 0.25) is 0 Å². The highest BCUT2D eigenvalue weighted by Gasteiger charge is 2.14. The molecule has 1 heterocycles. The summed E-state index contributed by atoms with van der Waals surface area (Å²) in [5, 5.41) is 4.09. The van der Waals surface area contributed by atoms with Crippen molar-refractivity contribution >= 4 is 11.6 Å². The van der Waals surface area contributed by atoms with E-state index in [1.54, 1.807) is 0 Å². The van der Waals surface area contributed by atoms with Gasteiger partial charge in [-0.1, -0.05) is 13.8 Å². The highest BCUT2D eigenvalue weighted by atomic mass is 16.7. The molecular weight excluding hydrogens is 244 g/mol. The molecule has 5 nitrogen and oxygen atoms in total. The Kier molecular flexibility index (Phi) is 4.04. The van der Waals surface area contributed by atoms with Crippen LogP contribution < -0.4 is 14.9 Å². The molecule has 0 aliphatic carbocycles. The van der Waals surface area contributed by atoms with Gasteiger partial charge in [0.05, 0.1) is 5.71 Å². The highest BCUT2D eigenvalue weighted by molar-refractivity contribution is 5.99. The fourth-order valence-electron chi connectivity index (χ4n) is 1.75. The van der Waals surface area contributed by atoms with Crippen molar-refractivity contribution in [2.24, 2.45) is 11.0 Å². The van der Waals surface area contributed by atoms with Crippen molar-refractivity contribution < 1.29 is 14.3 Å². The van der Waals surface area contributed by atoms with Crippen molar-refractivity contribution in [1.82, 2.24) is 5.43 Å². The van der Waals surface area contributed by atoms with Gasteiger partial charge in [-0.15, -0.1) is 0 Å². The zero-order valence-electron chi connectivity index (χ0n) is 11.4. The molecule has 1 aliphatic heterocycles. The first-order valence-electron chi connectivity index (χ1n) is 6.29. The molecule has 19 heavy (non-hydrogen) atoms. The fraction of sp³-hybridized carbons (Fsp3) is 0.429. The molecule has 0 aromatic heterocycles. The normalized spacial score (nSPS) is 13.8. The van der Waals surface area contributed by atoms with Crippen LogP contribution in [-0.2, 0) is 4.79 Å². The van der Waals surface area contributed by atoms with E-state index < -0.39 is 0 Å². The van der Waals surface area contributed by atoms with Crippen LogP contribution in [0.5, 0.6) is 11.5 Å². The Bertz CT molecular complexity index is 509. The first-order valence-corrected chi connectivity index (χ1v) is 6.29. The van der Waals surface area contributed by atoms with Crippen molar-refractivity contribution in [2.45, 2.75) is 27.2 Å². The summed E-state index contributed by atoms with van der Waals surface area (Å²) < 4.78 is 10.5. The Morgan fingerprint density at radius 1 is 1.37 bits per heavy atom. The second-order valence-corrected chi connectivity index (χ2v) is 4.90. The van der Waals surface area contributed by atoms with E-state index >= 15 is 0 Å². The molecule has 1 aromatic carbocycles. The largest absolute Gasteiger partial charge is 0.454 e. The van der Waals surface area contributed by atoms with E-state index in [0.29, 0.717) is 18.1 Å². The summed E-state index contributed by atoms with van der Waals surface area (Å²) in [6, 6.07) is 5.59. The van der Waals surface area contributed by atoms with Gasteiger partial charge >= 0.3 is 0 Å². The van der Waals surface area contributed by atoms with Gasteiger partial charge in [-0.3, -0.25) is 4.79 Å². The summed E-state index contributed by atoms with van der Waals surface area (Å²) in [6.07, 6.45) is 0.470. The minimum atomic E-state index is -0.0740. The maximum atomic E-state index is 11.5. The van der Waals surface area contributed by atoms with E-state index in [0.717, 1.165) is 17.0 Å². The third-order valence-electron chi connectivity index (χ3n) is 2.73. The molecule has 0 fully saturated rings. The zero-order valence-corrected chi connectivity index (χ0v) is 11.4. The summed E-state index contributed by atoms with van der Waals surface area (Å²) in [7, 11) is 0. The number of hydrazone groups is 1. The fourth-order valence-corrected chi connectivity index (χ4v) is 1.75. The first kappa shape index (κ1) is 13.4. The van der Waals surface area contributed by atoms with E-state index in [1.165, 1.54) is 0 Å². The van der Waals surface area contributed by atoms with Gasteiger partial charge in [0.15, 0.2) is 11.5 Å². The quantitative estimate of drug-likeness (QED) is 0.669. The van der Waals surface area contributed by atoms with Crippen LogP contribution in [0.4, 0.5) is 0 Å². The van der Waals surface area contributed by atoms with Gasteiger partial charge in [0.2, 0.25) is 12.7 Å². The number of carbonyl (C=O) groups is 1. The van der Waals surface area contributed by atoms with Crippen molar-refractivity contribution in [2.75, 3.05) is 6.79 Å². The number of rotatable bonds is 4. The number of fused-ring (bicyclic) bond motifs is 1. The molecule has 0 spiro atoms. The Labute approximate surface area is 112 Å². The Morgan fingerprint density at radius 2 is 2.11 bits per heavy atom. The molecule has 0 radical (unpaired) electrons. The molecule has 0 atom stereocenters. The van der Waals surface area contributed by atoms with Gasteiger partial charge in [0.1, 0.15) is 0 Å².